The van der Waals surface area contributed by atoms with Crippen molar-refractivity contribution in [3.63, 3.8) is 0 Å². The molecule has 0 heterocycles. The average molecular weight is 200 g/mol. The van der Waals surface area contributed by atoms with Crippen LogP contribution in [0.4, 0.5) is 0 Å². The van der Waals surface area contributed by atoms with Crippen molar-refractivity contribution < 1.29 is 9.53 Å². The van der Waals surface area contributed by atoms with Gasteiger partial charge in [-0.15, -0.1) is 12.3 Å². The second kappa shape index (κ2) is 5.63. The molecular formula is C13H12O2. The molecule has 76 valence electrons. The average Bonchev–Trinajstić information content (AvgIpc) is 2.27. The van der Waals surface area contributed by atoms with Gasteiger partial charge >= 0.3 is 5.97 Å². The molecule has 0 fully saturated rings. The Morgan fingerprint density at radius 1 is 1.40 bits per heavy atom. The van der Waals surface area contributed by atoms with Gasteiger partial charge < -0.3 is 4.74 Å². The molecule has 0 amide bonds. The SMILES string of the molecule is C=C=C(CC=C)C(=O)Oc1ccccc1. The second-order valence-electron chi connectivity index (χ2n) is 2.85. The zero-order valence-corrected chi connectivity index (χ0v) is 8.40. The predicted molar refractivity (Wildman–Crippen MR) is 59.5 cm³/mol. The van der Waals surface area contributed by atoms with Gasteiger partial charge in [0.1, 0.15) is 5.75 Å². The lowest BCUT2D eigenvalue weighted by atomic mass is 10.2. The maximum absolute atomic E-state index is 11.5. The topological polar surface area (TPSA) is 26.3 Å². The molecule has 0 aliphatic carbocycles. The molecule has 2 heteroatoms. The Hall–Kier alpha value is -2.05. The molecule has 0 bridgehead atoms. The first-order valence-electron chi connectivity index (χ1n) is 4.55. The van der Waals surface area contributed by atoms with Gasteiger partial charge in [-0.2, -0.15) is 0 Å². The zero-order chi connectivity index (χ0) is 11.1. The van der Waals surface area contributed by atoms with Crippen molar-refractivity contribution in [3.05, 3.63) is 60.9 Å². The van der Waals surface area contributed by atoms with Crippen molar-refractivity contribution in [2.24, 2.45) is 0 Å². The summed E-state index contributed by atoms with van der Waals surface area (Å²) in [6.07, 6.45) is 2.02. The predicted octanol–water partition coefficient (Wildman–Crippen LogP) is 2.88. The standard InChI is InChI=1S/C13H12O2/c1-3-8-11(4-2)13(14)15-12-9-6-5-7-10-12/h3,5-7,9-10H,1-2,8H2. The van der Waals surface area contributed by atoms with E-state index in [9.17, 15) is 4.79 Å². The smallest absolute Gasteiger partial charge is 0.347 e. The lowest BCUT2D eigenvalue weighted by molar-refractivity contribution is -0.130. The highest BCUT2D eigenvalue weighted by molar-refractivity contribution is 5.90. The van der Waals surface area contributed by atoms with Crippen molar-refractivity contribution in [2.45, 2.75) is 6.42 Å². The van der Waals surface area contributed by atoms with Gasteiger partial charge in [-0.25, -0.2) is 4.79 Å². The van der Waals surface area contributed by atoms with E-state index in [4.69, 9.17) is 4.74 Å². The number of para-hydroxylation sites is 1. The number of esters is 1. The number of ether oxygens (including phenoxy) is 1. The number of benzene rings is 1. The first kappa shape index (κ1) is 11.0. The summed E-state index contributed by atoms with van der Waals surface area (Å²) in [6, 6.07) is 8.88. The fourth-order valence-electron chi connectivity index (χ4n) is 1.03. The molecule has 0 N–H and O–H groups in total. The fraction of sp³-hybridized carbons (Fsp3) is 0.0769. The zero-order valence-electron chi connectivity index (χ0n) is 8.40. The Bertz CT molecular complexity index is 398. The maximum atomic E-state index is 11.5. The van der Waals surface area contributed by atoms with E-state index in [2.05, 4.69) is 18.9 Å². The Kier molecular flexibility index (Phi) is 4.14. The van der Waals surface area contributed by atoms with Crippen LogP contribution >= 0.6 is 0 Å². The minimum absolute atomic E-state index is 0.383. The van der Waals surface area contributed by atoms with Crippen LogP contribution in [0.1, 0.15) is 6.42 Å². The van der Waals surface area contributed by atoms with E-state index in [1.54, 1.807) is 30.3 Å². The van der Waals surface area contributed by atoms with Crippen LogP contribution in [0.2, 0.25) is 0 Å². The Morgan fingerprint density at radius 2 is 2.07 bits per heavy atom. The molecule has 1 aromatic carbocycles. The summed E-state index contributed by atoms with van der Waals surface area (Å²) >= 11 is 0. The molecule has 0 radical (unpaired) electrons. The van der Waals surface area contributed by atoms with E-state index in [1.165, 1.54) is 0 Å². The van der Waals surface area contributed by atoms with Gasteiger partial charge in [0.25, 0.3) is 0 Å². The Labute approximate surface area is 89.2 Å². The van der Waals surface area contributed by atoms with Gasteiger partial charge in [0, 0.05) is 6.42 Å². The van der Waals surface area contributed by atoms with E-state index in [0.717, 1.165) is 0 Å². The van der Waals surface area contributed by atoms with Crippen LogP contribution in [0.3, 0.4) is 0 Å². The fourth-order valence-corrected chi connectivity index (χ4v) is 1.03. The van der Waals surface area contributed by atoms with Crippen molar-refractivity contribution in [3.8, 4) is 5.75 Å². The number of rotatable bonds is 4. The van der Waals surface area contributed by atoms with Crippen LogP contribution in [-0.4, -0.2) is 5.97 Å². The number of hydrogen-bond donors (Lipinski definition) is 0. The van der Waals surface area contributed by atoms with Gasteiger partial charge in [-0.3, -0.25) is 0 Å². The third-order valence-electron chi connectivity index (χ3n) is 1.76. The largest absolute Gasteiger partial charge is 0.423 e. The number of hydrogen-bond acceptors (Lipinski definition) is 2. The van der Waals surface area contributed by atoms with Gasteiger partial charge in [0.15, 0.2) is 0 Å². The summed E-state index contributed by atoms with van der Waals surface area (Å²) in [4.78, 5) is 11.5. The molecule has 0 saturated heterocycles. The van der Waals surface area contributed by atoms with Crippen LogP contribution in [0.25, 0.3) is 0 Å². The summed E-state index contributed by atoms with van der Waals surface area (Å²) in [6.45, 7) is 6.97. The molecular weight excluding hydrogens is 188 g/mol. The Balaban J connectivity index is 2.71. The van der Waals surface area contributed by atoms with Crippen LogP contribution in [-0.2, 0) is 4.79 Å². The highest BCUT2D eigenvalue weighted by Crippen LogP contribution is 2.11. The van der Waals surface area contributed by atoms with Crippen molar-refractivity contribution in [1.29, 1.82) is 0 Å². The highest BCUT2D eigenvalue weighted by atomic mass is 16.5. The quantitative estimate of drug-likeness (QED) is 0.245. The monoisotopic (exact) mass is 200 g/mol. The first-order chi connectivity index (χ1) is 7.27. The van der Waals surface area contributed by atoms with E-state index >= 15 is 0 Å². The normalized spacial score (nSPS) is 8.80. The van der Waals surface area contributed by atoms with Crippen LogP contribution in [0.15, 0.2) is 60.9 Å². The van der Waals surface area contributed by atoms with Gasteiger partial charge in [0.2, 0.25) is 0 Å². The maximum Gasteiger partial charge on any atom is 0.347 e. The van der Waals surface area contributed by atoms with Gasteiger partial charge in [-0.1, -0.05) is 30.9 Å². The van der Waals surface area contributed by atoms with E-state index in [-0.39, 0.29) is 0 Å². The van der Waals surface area contributed by atoms with Crippen LogP contribution in [0.5, 0.6) is 5.75 Å². The second-order valence-corrected chi connectivity index (χ2v) is 2.85. The summed E-state index contributed by atoms with van der Waals surface area (Å²) < 4.78 is 5.09. The minimum Gasteiger partial charge on any atom is -0.423 e. The summed E-state index contributed by atoms with van der Waals surface area (Å²) in [5.74, 6) is 0.0791. The molecule has 0 saturated carbocycles. The van der Waals surface area contributed by atoms with E-state index in [0.29, 0.717) is 17.7 Å². The minimum atomic E-state index is -0.434. The molecule has 0 aliphatic heterocycles. The summed E-state index contributed by atoms with van der Waals surface area (Å²) in [7, 11) is 0. The van der Waals surface area contributed by atoms with Crippen LogP contribution < -0.4 is 4.74 Å². The lowest BCUT2D eigenvalue weighted by Gasteiger charge is -2.03. The third kappa shape index (κ3) is 3.29. The van der Waals surface area contributed by atoms with Crippen molar-refractivity contribution in [1.82, 2.24) is 0 Å². The van der Waals surface area contributed by atoms with Crippen molar-refractivity contribution >= 4 is 5.97 Å². The first-order valence-corrected chi connectivity index (χ1v) is 4.55. The van der Waals surface area contributed by atoms with Crippen LogP contribution in [0, 0.1) is 0 Å². The van der Waals surface area contributed by atoms with Gasteiger partial charge in [0.05, 0.1) is 5.57 Å². The number of carbonyl (C=O) groups is 1. The molecule has 0 aromatic heterocycles. The van der Waals surface area contributed by atoms with E-state index in [1.807, 2.05) is 6.07 Å². The molecule has 0 unspecified atom stereocenters. The lowest BCUT2D eigenvalue weighted by Crippen LogP contribution is -2.10. The molecule has 0 atom stereocenters. The van der Waals surface area contributed by atoms with Gasteiger partial charge in [-0.05, 0) is 12.1 Å². The molecule has 1 rings (SSSR count). The third-order valence-corrected chi connectivity index (χ3v) is 1.76. The van der Waals surface area contributed by atoms with Crippen molar-refractivity contribution in [2.75, 3.05) is 0 Å². The summed E-state index contributed by atoms with van der Waals surface area (Å²) in [5, 5.41) is 0. The summed E-state index contributed by atoms with van der Waals surface area (Å²) in [5.41, 5.74) is 2.93. The molecule has 1 aromatic rings. The number of carbonyl (C=O) groups excluding carboxylic acids is 1. The highest BCUT2D eigenvalue weighted by Gasteiger charge is 2.09. The number of allylic oxidation sites excluding steroid dienone is 1. The Morgan fingerprint density at radius 3 is 2.60 bits per heavy atom. The molecule has 15 heavy (non-hydrogen) atoms. The molecule has 0 spiro atoms. The van der Waals surface area contributed by atoms with E-state index < -0.39 is 5.97 Å². The molecule has 2 nitrogen and oxygen atoms in total. The molecule has 0 aliphatic rings.